The minimum Gasteiger partial charge on any atom is -0.497 e. The van der Waals surface area contributed by atoms with Crippen LogP contribution in [-0.4, -0.2) is 31.6 Å². The highest BCUT2D eigenvalue weighted by molar-refractivity contribution is 5.48. The smallest absolute Gasteiger partial charge is 0.119 e. The summed E-state index contributed by atoms with van der Waals surface area (Å²) in [7, 11) is 4.08. The maximum absolute atomic E-state index is 5.48. The van der Waals surface area contributed by atoms with Crippen molar-refractivity contribution in [1.82, 2.24) is 4.90 Å². The topological polar surface area (TPSA) is 12.5 Å². The second kappa shape index (κ2) is 4.36. The minimum absolute atomic E-state index is 0.275. The number of benzene rings is 1. The zero-order valence-electron chi connectivity index (χ0n) is 12.4. The van der Waals surface area contributed by atoms with Gasteiger partial charge in [0.15, 0.2) is 0 Å². The average Bonchev–Trinajstić information content (AvgIpc) is 2.50. The molecular formula is C18H23NO. The lowest BCUT2D eigenvalue weighted by molar-refractivity contribution is 0.0453. The van der Waals surface area contributed by atoms with Crippen LogP contribution in [0.25, 0.3) is 0 Å². The van der Waals surface area contributed by atoms with E-state index in [1.54, 1.807) is 12.7 Å². The average molecular weight is 269 g/mol. The second-order valence-corrected chi connectivity index (χ2v) is 6.65. The van der Waals surface area contributed by atoms with Gasteiger partial charge >= 0.3 is 0 Å². The molecule has 4 rings (SSSR count). The summed E-state index contributed by atoms with van der Waals surface area (Å²) in [5.41, 5.74) is 3.35. The number of hydrogen-bond donors (Lipinski definition) is 0. The van der Waals surface area contributed by atoms with Crippen molar-refractivity contribution in [3.05, 3.63) is 41.5 Å². The molecule has 2 bridgehead atoms. The van der Waals surface area contributed by atoms with Gasteiger partial charge in [-0.05, 0) is 68.5 Å². The predicted octanol–water partition coefficient (Wildman–Crippen LogP) is 3.16. The van der Waals surface area contributed by atoms with Crippen molar-refractivity contribution in [2.75, 3.05) is 20.7 Å². The van der Waals surface area contributed by atoms with Gasteiger partial charge in [0.1, 0.15) is 5.75 Å². The summed E-state index contributed by atoms with van der Waals surface area (Å²) in [6.07, 6.45) is 9.97. The third-order valence-corrected chi connectivity index (χ3v) is 5.88. The van der Waals surface area contributed by atoms with Crippen molar-refractivity contribution >= 4 is 0 Å². The molecule has 106 valence electrons. The lowest BCUT2D eigenvalue weighted by Gasteiger charge is -2.56. The lowest BCUT2D eigenvalue weighted by Crippen LogP contribution is -2.58. The van der Waals surface area contributed by atoms with Crippen LogP contribution >= 0.6 is 0 Å². The molecule has 2 aliphatic carbocycles. The molecule has 0 aromatic heterocycles. The van der Waals surface area contributed by atoms with Crippen LogP contribution in [0.4, 0.5) is 0 Å². The number of likely N-dealkylation sites (tertiary alicyclic amines) is 1. The standard InChI is InChI=1S/C18H23NO/c1-19-10-9-18-8-4-3-5-15(18)17(19)11-13-6-7-14(20-2)12-16(13)18/h4,6-8,12,15,17H,3,5,9-11H2,1-2H3/t15-,17+,18+/m1/s1. The number of methoxy groups -OCH3 is 1. The van der Waals surface area contributed by atoms with Crippen LogP contribution < -0.4 is 4.74 Å². The van der Waals surface area contributed by atoms with E-state index >= 15 is 0 Å². The van der Waals surface area contributed by atoms with Crippen LogP contribution in [0.5, 0.6) is 5.75 Å². The Morgan fingerprint density at radius 2 is 2.25 bits per heavy atom. The van der Waals surface area contributed by atoms with Gasteiger partial charge in [0.25, 0.3) is 0 Å². The van der Waals surface area contributed by atoms with E-state index in [0.717, 1.165) is 17.7 Å². The first-order chi connectivity index (χ1) is 9.74. The molecule has 2 nitrogen and oxygen atoms in total. The zero-order chi connectivity index (χ0) is 13.7. The Morgan fingerprint density at radius 1 is 1.35 bits per heavy atom. The summed E-state index contributed by atoms with van der Waals surface area (Å²) in [4.78, 5) is 2.59. The van der Waals surface area contributed by atoms with Crippen molar-refractivity contribution in [3.8, 4) is 5.75 Å². The molecule has 20 heavy (non-hydrogen) atoms. The fraction of sp³-hybridized carbons (Fsp3) is 0.556. The molecular weight excluding hydrogens is 246 g/mol. The van der Waals surface area contributed by atoms with E-state index in [9.17, 15) is 0 Å². The van der Waals surface area contributed by atoms with Gasteiger partial charge in [0.2, 0.25) is 0 Å². The molecule has 0 spiro atoms. The molecule has 0 N–H and O–H groups in total. The van der Waals surface area contributed by atoms with Gasteiger partial charge in [-0.25, -0.2) is 0 Å². The Bertz CT molecular complexity index is 565. The summed E-state index contributed by atoms with van der Waals surface area (Å²) in [6.45, 7) is 1.21. The highest BCUT2D eigenvalue weighted by Crippen LogP contribution is 2.53. The first kappa shape index (κ1) is 12.5. The molecule has 1 aromatic rings. The summed E-state index contributed by atoms with van der Waals surface area (Å²) in [6, 6.07) is 7.44. The first-order valence-electron chi connectivity index (χ1n) is 7.80. The summed E-state index contributed by atoms with van der Waals surface area (Å²) in [5.74, 6) is 1.79. The quantitative estimate of drug-likeness (QED) is 0.726. The van der Waals surface area contributed by atoms with Crippen LogP contribution in [0, 0.1) is 5.92 Å². The van der Waals surface area contributed by atoms with Crippen LogP contribution in [-0.2, 0) is 11.8 Å². The number of hydrogen-bond acceptors (Lipinski definition) is 2. The molecule has 0 radical (unpaired) electrons. The van der Waals surface area contributed by atoms with Gasteiger partial charge in [-0.2, -0.15) is 0 Å². The summed E-state index contributed by atoms with van der Waals surface area (Å²) in [5, 5.41) is 0. The molecule has 3 aliphatic rings. The van der Waals surface area contributed by atoms with Crippen LogP contribution in [0.2, 0.25) is 0 Å². The third-order valence-electron chi connectivity index (χ3n) is 5.88. The first-order valence-corrected chi connectivity index (χ1v) is 7.80. The molecule has 0 amide bonds. The Kier molecular flexibility index (Phi) is 2.71. The lowest BCUT2D eigenvalue weighted by atomic mass is 9.54. The van der Waals surface area contributed by atoms with Gasteiger partial charge in [-0.3, -0.25) is 0 Å². The number of piperidine rings is 1. The summed E-state index contributed by atoms with van der Waals surface area (Å²) < 4.78 is 5.48. The Balaban J connectivity index is 1.92. The van der Waals surface area contributed by atoms with E-state index < -0.39 is 0 Å². The normalized spacial score (nSPS) is 35.3. The zero-order valence-corrected chi connectivity index (χ0v) is 12.4. The SMILES string of the molecule is COc1ccc2c(c1)[C@]13C=CCC[C@@H]1[C@H](C2)N(C)CC3. The number of ether oxygens (including phenoxy) is 1. The van der Waals surface area contributed by atoms with Crippen molar-refractivity contribution < 1.29 is 4.74 Å². The largest absolute Gasteiger partial charge is 0.497 e. The maximum atomic E-state index is 5.48. The fourth-order valence-electron chi connectivity index (χ4n) is 4.83. The Morgan fingerprint density at radius 3 is 3.10 bits per heavy atom. The molecule has 3 atom stereocenters. The third kappa shape index (κ3) is 1.54. The van der Waals surface area contributed by atoms with Crippen molar-refractivity contribution in [2.24, 2.45) is 5.92 Å². The van der Waals surface area contributed by atoms with Gasteiger partial charge in [0.05, 0.1) is 7.11 Å². The van der Waals surface area contributed by atoms with Gasteiger partial charge in [-0.15, -0.1) is 0 Å². The molecule has 0 unspecified atom stereocenters. The highest BCUT2D eigenvalue weighted by atomic mass is 16.5. The van der Waals surface area contributed by atoms with Crippen LogP contribution in [0.3, 0.4) is 0 Å². The molecule has 1 saturated heterocycles. The molecule has 1 fully saturated rings. The number of fused-ring (bicyclic) bond motifs is 1. The van der Waals surface area contributed by atoms with Crippen molar-refractivity contribution in [3.63, 3.8) is 0 Å². The molecule has 0 saturated carbocycles. The summed E-state index contributed by atoms with van der Waals surface area (Å²) >= 11 is 0. The second-order valence-electron chi connectivity index (χ2n) is 6.65. The number of rotatable bonds is 1. The molecule has 1 heterocycles. The Labute approximate surface area is 121 Å². The maximum Gasteiger partial charge on any atom is 0.119 e. The van der Waals surface area contributed by atoms with E-state index in [-0.39, 0.29) is 5.41 Å². The van der Waals surface area contributed by atoms with E-state index in [0.29, 0.717) is 0 Å². The van der Waals surface area contributed by atoms with E-state index in [4.69, 9.17) is 4.74 Å². The molecule has 1 aromatic carbocycles. The fourth-order valence-corrected chi connectivity index (χ4v) is 4.83. The van der Waals surface area contributed by atoms with Gasteiger partial charge in [-0.1, -0.05) is 18.2 Å². The van der Waals surface area contributed by atoms with E-state index in [1.165, 1.54) is 37.8 Å². The molecule has 2 heteroatoms. The van der Waals surface area contributed by atoms with E-state index in [1.807, 2.05) is 0 Å². The Hall–Kier alpha value is -1.28. The van der Waals surface area contributed by atoms with Crippen LogP contribution in [0.15, 0.2) is 30.4 Å². The number of likely N-dealkylation sites (N-methyl/N-ethyl adjacent to an activating group) is 1. The minimum atomic E-state index is 0.275. The van der Waals surface area contributed by atoms with Crippen molar-refractivity contribution in [1.29, 1.82) is 0 Å². The molecule has 1 aliphatic heterocycles. The predicted molar refractivity (Wildman–Crippen MR) is 81.3 cm³/mol. The number of nitrogens with zero attached hydrogens (tertiary/aromatic N) is 1. The van der Waals surface area contributed by atoms with Crippen molar-refractivity contribution in [2.45, 2.75) is 37.1 Å². The number of allylic oxidation sites excluding steroid dienone is 2. The monoisotopic (exact) mass is 269 g/mol. The van der Waals surface area contributed by atoms with Crippen LogP contribution in [0.1, 0.15) is 30.4 Å². The van der Waals surface area contributed by atoms with Gasteiger partial charge in [0, 0.05) is 11.5 Å². The highest BCUT2D eigenvalue weighted by Gasteiger charge is 2.51. The van der Waals surface area contributed by atoms with E-state index in [2.05, 4.69) is 42.3 Å². The van der Waals surface area contributed by atoms with Gasteiger partial charge < -0.3 is 9.64 Å².